The number of fused-ring (bicyclic) bond motifs is 3. The van der Waals surface area contributed by atoms with E-state index in [-0.39, 0.29) is 64.3 Å². The Kier molecular flexibility index (Phi) is 24.9. The van der Waals surface area contributed by atoms with Crippen molar-refractivity contribution in [3.8, 4) is 44.9 Å². The SMILES string of the molecule is C.Cc1ccc(-c2ccc3nn[nH]c(=O)c3c2)cc1.O=c1c2cc(-c3ccc(OC(F)(F)F)cc3)ccc2nnn1CC(O)c1ccc(Cl)cc1Cl.O=c1c2cc(-c3ccc(OC(F)(F)F)cc3)ccc2nnn1CC(O)c1ccc(Cl)cc1Cl.OC(CCl)c1ccc(Cl)cc1Cl. The van der Waals surface area contributed by atoms with Gasteiger partial charge in [0.2, 0.25) is 0 Å². The molecule has 3 heterocycles. The van der Waals surface area contributed by atoms with Gasteiger partial charge >= 0.3 is 12.7 Å². The Morgan fingerprint density at radius 1 is 0.443 bits per heavy atom. The normalized spacial score (nSPS) is 12.2. The summed E-state index contributed by atoms with van der Waals surface area (Å²) >= 11 is 40.9. The Bertz CT molecular complexity index is 4730. The third-order valence-corrected chi connectivity index (χ3v) is 16.0. The molecule has 3 atom stereocenters. The predicted octanol–water partition coefficient (Wildman–Crippen LogP) is 17.0. The van der Waals surface area contributed by atoms with Gasteiger partial charge in [-0.15, -0.1) is 53.2 Å². The van der Waals surface area contributed by atoms with Gasteiger partial charge in [-0.05, 0) is 137 Å². The van der Waals surface area contributed by atoms with Gasteiger partial charge < -0.3 is 24.8 Å². The second-order valence-electron chi connectivity index (χ2n) is 20.7. The first-order valence-corrected chi connectivity index (χ1v) is 30.7. The topological polar surface area (TPSA) is 233 Å². The average molecular weight is 1470 g/mol. The van der Waals surface area contributed by atoms with E-state index in [2.05, 4.69) is 57.6 Å². The molecule has 30 heteroatoms. The Morgan fingerprint density at radius 3 is 1.12 bits per heavy atom. The lowest BCUT2D eigenvalue weighted by atomic mass is 10.0. The third-order valence-electron chi connectivity index (χ3n) is 14.0. The van der Waals surface area contributed by atoms with E-state index < -0.39 is 42.2 Å². The molecule has 0 spiro atoms. The van der Waals surface area contributed by atoms with Gasteiger partial charge in [-0.25, -0.2) is 14.5 Å². The molecule has 17 nitrogen and oxygen atoms in total. The fourth-order valence-electron chi connectivity index (χ4n) is 9.29. The molecule has 0 amide bonds. The molecule has 0 radical (unpaired) electrons. The zero-order valence-corrected chi connectivity index (χ0v) is 54.3. The van der Waals surface area contributed by atoms with Crippen molar-refractivity contribution in [3.63, 3.8) is 0 Å². The number of aryl methyl sites for hydroxylation is 1. The van der Waals surface area contributed by atoms with Crippen LogP contribution < -0.4 is 26.2 Å². The molecule has 0 saturated carbocycles. The Labute approximate surface area is 581 Å². The summed E-state index contributed by atoms with van der Waals surface area (Å²) < 4.78 is 83.9. The van der Waals surface area contributed by atoms with Crippen molar-refractivity contribution in [2.75, 3.05) is 5.88 Å². The van der Waals surface area contributed by atoms with Crippen LogP contribution in [0.5, 0.6) is 11.5 Å². The van der Waals surface area contributed by atoms with Crippen LogP contribution in [-0.4, -0.2) is 79.3 Å². The summed E-state index contributed by atoms with van der Waals surface area (Å²) in [5, 5.41) is 59.3. The molecule has 12 rings (SSSR count). The third kappa shape index (κ3) is 19.7. The number of alkyl halides is 7. The summed E-state index contributed by atoms with van der Waals surface area (Å²) in [6, 6.07) is 48.0. The highest BCUT2D eigenvalue weighted by atomic mass is 35.5. The van der Waals surface area contributed by atoms with Crippen molar-refractivity contribution in [1.29, 1.82) is 0 Å². The quantitative estimate of drug-likeness (QED) is 0.0621. The molecule has 12 aromatic rings. The van der Waals surface area contributed by atoms with E-state index in [0.717, 1.165) is 20.5 Å². The maximum Gasteiger partial charge on any atom is 0.573 e. The number of H-pyrrole nitrogens is 1. The van der Waals surface area contributed by atoms with Crippen molar-refractivity contribution in [2.45, 2.75) is 58.5 Å². The number of ether oxygens (including phenoxy) is 2. The van der Waals surface area contributed by atoms with Crippen molar-refractivity contribution in [2.24, 2.45) is 0 Å². The first kappa shape index (κ1) is 74.1. The molecule has 3 unspecified atom stereocenters. The second-order valence-corrected chi connectivity index (χ2v) is 23.5. The molecule has 0 aliphatic heterocycles. The number of aliphatic hydroxyl groups is 3. The molecule has 0 bridgehead atoms. The predicted molar refractivity (Wildman–Crippen MR) is 364 cm³/mol. The molecule has 502 valence electrons. The van der Waals surface area contributed by atoms with Gasteiger partial charge in [-0.3, -0.25) is 14.4 Å². The zero-order valence-electron chi connectivity index (χ0n) is 49.0. The Morgan fingerprint density at radius 2 is 0.773 bits per heavy atom. The van der Waals surface area contributed by atoms with Crippen LogP contribution in [0.1, 0.15) is 48.0 Å². The summed E-state index contributed by atoms with van der Waals surface area (Å²) in [5.74, 6) is -0.577. The molecular formula is C67H50Cl7F6N9O8. The van der Waals surface area contributed by atoms with Crippen LogP contribution in [0.15, 0.2) is 196 Å². The highest BCUT2D eigenvalue weighted by molar-refractivity contribution is 6.36. The van der Waals surface area contributed by atoms with Gasteiger partial charge in [0.05, 0.1) is 41.2 Å². The summed E-state index contributed by atoms with van der Waals surface area (Å²) in [4.78, 5) is 37.6. The van der Waals surface area contributed by atoms with Gasteiger partial charge in [-0.2, -0.15) is 0 Å². The number of benzene rings is 9. The Balaban J connectivity index is 0.000000176. The van der Waals surface area contributed by atoms with E-state index in [9.17, 15) is 56.0 Å². The van der Waals surface area contributed by atoms with Gasteiger partial charge in [0, 0.05) is 46.8 Å². The average Bonchev–Trinajstić information content (AvgIpc) is 0.804. The number of aliphatic hydroxyl groups excluding tert-OH is 3. The number of nitrogens with one attached hydrogen (secondary N) is 1. The van der Waals surface area contributed by atoms with Gasteiger partial charge in [0.1, 0.15) is 40.3 Å². The van der Waals surface area contributed by atoms with E-state index in [0.29, 0.717) is 81.0 Å². The van der Waals surface area contributed by atoms with Gasteiger partial charge in [0.15, 0.2) is 0 Å². The van der Waals surface area contributed by atoms with Crippen LogP contribution in [0.2, 0.25) is 30.1 Å². The summed E-state index contributed by atoms with van der Waals surface area (Å²) in [7, 11) is 0. The van der Waals surface area contributed by atoms with Crippen molar-refractivity contribution in [3.05, 3.63) is 265 Å². The molecule has 97 heavy (non-hydrogen) atoms. The van der Waals surface area contributed by atoms with E-state index in [4.69, 9.17) is 81.2 Å². The van der Waals surface area contributed by atoms with Crippen LogP contribution in [0.3, 0.4) is 0 Å². The Hall–Kier alpha value is -8.72. The lowest BCUT2D eigenvalue weighted by molar-refractivity contribution is -0.275. The van der Waals surface area contributed by atoms with Crippen molar-refractivity contribution >= 4 is 114 Å². The molecular weight excluding hydrogens is 1420 g/mol. The summed E-state index contributed by atoms with van der Waals surface area (Å²) in [6.07, 6.45) is -12.6. The molecule has 0 fully saturated rings. The first-order valence-electron chi connectivity index (χ1n) is 27.9. The summed E-state index contributed by atoms with van der Waals surface area (Å²) in [6.45, 7) is 1.65. The smallest absolute Gasteiger partial charge is 0.406 e. The number of halogens is 13. The lowest BCUT2D eigenvalue weighted by Crippen LogP contribution is -2.27. The maximum absolute atomic E-state index is 13.0. The van der Waals surface area contributed by atoms with E-state index >= 15 is 0 Å². The van der Waals surface area contributed by atoms with Crippen molar-refractivity contribution in [1.82, 2.24) is 45.4 Å². The highest BCUT2D eigenvalue weighted by Crippen LogP contribution is 2.33. The van der Waals surface area contributed by atoms with Crippen LogP contribution in [0.25, 0.3) is 66.1 Å². The van der Waals surface area contributed by atoms with Crippen LogP contribution in [0.4, 0.5) is 26.3 Å². The van der Waals surface area contributed by atoms with Gasteiger partial charge in [-0.1, -0.05) is 183 Å². The fraction of sp³-hybridized carbons (Fsp3) is 0.149. The molecule has 4 N–H and O–H groups in total. The molecule has 0 saturated heterocycles. The molecule has 9 aromatic carbocycles. The number of hydrogen-bond donors (Lipinski definition) is 4. The number of aromatic nitrogens is 9. The molecule has 0 aliphatic carbocycles. The van der Waals surface area contributed by atoms with Crippen LogP contribution in [-0.2, 0) is 13.1 Å². The molecule has 0 aliphatic rings. The lowest BCUT2D eigenvalue weighted by Gasteiger charge is -2.14. The number of hydrogen-bond acceptors (Lipinski definition) is 14. The van der Waals surface area contributed by atoms with E-state index in [1.807, 2.05) is 37.3 Å². The van der Waals surface area contributed by atoms with E-state index in [1.54, 1.807) is 78.9 Å². The molecule has 3 aromatic heterocycles. The van der Waals surface area contributed by atoms with Crippen molar-refractivity contribution < 1.29 is 51.1 Å². The standard InChI is InChI=1S/2C22H14Cl2F3N3O3.C14H11N3O.C8H7Cl3O.CH4/c2*23-14-4-7-16(18(24)10-14)20(31)11-30-21(32)17-9-13(3-8-19(17)28-29-30)12-1-5-15(6-2-12)33-22(25,26)27;1-9-2-4-10(5-3-9)11-6-7-13-12(8-11)14(18)16-17-15-13;9-4-8(12)6-2-1-5(10)3-7(6)11;/h2*1-10,20,31H,11H2;2-8H,1H3,(H,15,16,18);1-3,8,12H,4H2;1H4. The number of aromatic amines is 1. The number of rotatable bonds is 13. The maximum atomic E-state index is 13.0. The monoisotopic (exact) mass is 1470 g/mol. The van der Waals surface area contributed by atoms with Crippen LogP contribution in [0, 0.1) is 6.92 Å². The fourth-order valence-corrected chi connectivity index (χ4v) is 11.1. The minimum atomic E-state index is -4.78. The van der Waals surface area contributed by atoms with E-state index in [1.165, 1.54) is 66.2 Å². The number of nitrogens with zero attached hydrogens (tertiary/aromatic N) is 8. The largest absolute Gasteiger partial charge is 0.573 e. The zero-order chi connectivity index (χ0) is 69.2. The minimum Gasteiger partial charge on any atom is -0.406 e. The first-order chi connectivity index (χ1) is 45.6. The summed E-state index contributed by atoms with van der Waals surface area (Å²) in [5.41, 5.74) is 7.03. The minimum absolute atomic E-state index is 0. The second kappa shape index (κ2) is 32.6. The van der Waals surface area contributed by atoms with Crippen LogP contribution >= 0.6 is 81.2 Å². The van der Waals surface area contributed by atoms with Gasteiger partial charge in [0.25, 0.3) is 16.7 Å². The highest BCUT2D eigenvalue weighted by Gasteiger charge is 2.32.